The van der Waals surface area contributed by atoms with Crippen LogP contribution in [0.4, 0.5) is 0 Å². The van der Waals surface area contributed by atoms with Crippen molar-refractivity contribution in [3.63, 3.8) is 0 Å². The molecule has 3 aliphatic heterocycles. The zero-order valence-corrected chi connectivity index (χ0v) is 16.5. The maximum atomic E-state index is 11.3. The van der Waals surface area contributed by atoms with Crippen LogP contribution in [-0.4, -0.2) is 59.1 Å². The lowest BCUT2D eigenvalue weighted by Crippen LogP contribution is -2.32. The number of amidine groups is 1. The van der Waals surface area contributed by atoms with Crippen molar-refractivity contribution in [1.82, 2.24) is 10.2 Å². The second-order valence-electron chi connectivity index (χ2n) is 6.99. The molecule has 1 aromatic rings. The summed E-state index contributed by atoms with van der Waals surface area (Å²) in [4.78, 5) is 34.0. The maximum absolute atomic E-state index is 11.3. The molecule has 0 bridgehead atoms. The molecule has 28 heavy (non-hydrogen) atoms. The van der Waals surface area contributed by atoms with Gasteiger partial charge in [-0.25, -0.2) is 0 Å². The lowest BCUT2D eigenvalue weighted by molar-refractivity contribution is -0.119. The predicted molar refractivity (Wildman–Crippen MR) is 110 cm³/mol. The van der Waals surface area contributed by atoms with E-state index in [4.69, 9.17) is 4.84 Å². The fourth-order valence-electron chi connectivity index (χ4n) is 3.41. The summed E-state index contributed by atoms with van der Waals surface area (Å²) in [5.74, 6) is 0.359. The molecule has 1 N–H and O–H groups in total. The molecule has 0 aliphatic carbocycles. The number of nitrogens with one attached hydrogen (secondary N) is 1. The van der Waals surface area contributed by atoms with Crippen LogP contribution < -0.4 is 5.32 Å². The van der Waals surface area contributed by atoms with Gasteiger partial charge in [-0.15, -0.1) is 0 Å². The molecule has 3 heterocycles. The topological polar surface area (TPSA) is 83.4 Å². The summed E-state index contributed by atoms with van der Waals surface area (Å²) in [6.07, 6.45) is 3.73. The molecule has 0 fully saturated rings. The third-order valence-electron chi connectivity index (χ3n) is 4.93. The van der Waals surface area contributed by atoms with Crippen LogP contribution in [0.15, 0.2) is 40.5 Å². The number of carbonyl (C=O) groups excluding carboxylic acids is 2. The van der Waals surface area contributed by atoms with Gasteiger partial charge in [-0.2, -0.15) is 4.99 Å². The Balaban J connectivity index is 1.35. The van der Waals surface area contributed by atoms with Crippen molar-refractivity contribution >= 4 is 40.0 Å². The van der Waals surface area contributed by atoms with Gasteiger partial charge in [0.1, 0.15) is 6.10 Å². The molecule has 0 radical (unpaired) electrons. The summed E-state index contributed by atoms with van der Waals surface area (Å²) < 4.78 is 0. The highest BCUT2D eigenvalue weighted by atomic mass is 32.2. The molecule has 1 atom stereocenters. The maximum Gasteiger partial charge on any atom is 0.258 e. The van der Waals surface area contributed by atoms with Crippen molar-refractivity contribution in [2.45, 2.75) is 25.9 Å². The molecular formula is C20H22N4O3S. The molecule has 1 aromatic carbocycles. The number of aliphatic imine (C=N–C) groups is 1. The van der Waals surface area contributed by atoms with Crippen LogP contribution >= 0.6 is 11.8 Å². The number of carbonyl (C=O) groups is 2. The van der Waals surface area contributed by atoms with E-state index >= 15 is 0 Å². The smallest absolute Gasteiger partial charge is 0.258 e. The van der Waals surface area contributed by atoms with Gasteiger partial charge in [0.2, 0.25) is 5.91 Å². The van der Waals surface area contributed by atoms with Crippen LogP contribution in [0.5, 0.6) is 0 Å². The van der Waals surface area contributed by atoms with Crippen molar-refractivity contribution in [2.75, 3.05) is 25.4 Å². The van der Waals surface area contributed by atoms with Crippen LogP contribution in [-0.2, 0) is 14.4 Å². The van der Waals surface area contributed by atoms with E-state index in [-0.39, 0.29) is 17.9 Å². The number of thioether (sulfide) groups is 1. The molecule has 146 valence electrons. The highest BCUT2D eigenvalue weighted by Gasteiger charge is 2.24. The third kappa shape index (κ3) is 4.27. The fraction of sp³-hybridized carbons (Fsp3) is 0.400. The first-order chi connectivity index (χ1) is 13.6. The van der Waals surface area contributed by atoms with E-state index in [0.717, 1.165) is 36.0 Å². The number of oxime groups is 1. The van der Waals surface area contributed by atoms with Crippen molar-refractivity contribution in [1.29, 1.82) is 0 Å². The van der Waals surface area contributed by atoms with Crippen LogP contribution in [0.3, 0.4) is 0 Å². The quantitative estimate of drug-likeness (QED) is 0.839. The first kappa shape index (κ1) is 18.7. The van der Waals surface area contributed by atoms with Crippen molar-refractivity contribution in [3.05, 3.63) is 41.5 Å². The van der Waals surface area contributed by atoms with Crippen molar-refractivity contribution < 1.29 is 14.4 Å². The average Bonchev–Trinajstić information content (AvgIpc) is 3.36. The average molecular weight is 398 g/mol. The molecule has 3 aliphatic rings. The Labute approximate surface area is 167 Å². The highest BCUT2D eigenvalue weighted by Crippen LogP contribution is 2.26. The Morgan fingerprint density at radius 3 is 2.75 bits per heavy atom. The Hall–Kier alpha value is -2.61. The van der Waals surface area contributed by atoms with E-state index in [1.165, 1.54) is 29.8 Å². The molecule has 8 heteroatoms. The highest BCUT2D eigenvalue weighted by molar-refractivity contribution is 8.14. The van der Waals surface area contributed by atoms with Crippen molar-refractivity contribution in [3.8, 4) is 0 Å². The largest absolute Gasteiger partial charge is 0.390 e. The fourth-order valence-corrected chi connectivity index (χ4v) is 4.24. The van der Waals surface area contributed by atoms with E-state index in [1.54, 1.807) is 0 Å². The number of hydrogen-bond acceptors (Lipinski definition) is 6. The summed E-state index contributed by atoms with van der Waals surface area (Å²) in [5.41, 5.74) is 4.47. The van der Waals surface area contributed by atoms with Crippen molar-refractivity contribution in [2.24, 2.45) is 10.1 Å². The summed E-state index contributed by atoms with van der Waals surface area (Å²) >= 11 is 1.52. The van der Waals surface area contributed by atoms with Gasteiger partial charge >= 0.3 is 0 Å². The Morgan fingerprint density at radius 1 is 1.32 bits per heavy atom. The molecule has 2 amide bonds. The lowest BCUT2D eigenvalue weighted by Gasteiger charge is -2.27. The van der Waals surface area contributed by atoms with Gasteiger partial charge < -0.3 is 15.1 Å². The van der Waals surface area contributed by atoms with Crippen LogP contribution in [0.25, 0.3) is 5.57 Å². The van der Waals surface area contributed by atoms with Gasteiger partial charge in [-0.1, -0.05) is 47.3 Å². The molecule has 4 rings (SSSR count). The number of hydrogen-bond donors (Lipinski definition) is 1. The van der Waals surface area contributed by atoms with E-state index in [0.29, 0.717) is 18.7 Å². The number of amides is 2. The number of benzene rings is 1. The minimum absolute atomic E-state index is 0.0384. The summed E-state index contributed by atoms with van der Waals surface area (Å²) in [6.45, 7) is 3.62. The second-order valence-corrected chi connectivity index (χ2v) is 7.93. The number of rotatable bonds is 4. The minimum atomic E-state index is -0.103. The standard InChI is InChI=1S/C20H22N4O3S/c1-13(25)21-11-17-10-18(23-27-17)16-4-2-14(3-5-16)15-6-8-24(9-7-15)20-22-19(26)12-28-20/h2-6,17H,7-12H2,1H3,(H,21,25). The normalized spacial score (nSPS) is 21.8. The molecule has 1 unspecified atom stereocenters. The zero-order valence-electron chi connectivity index (χ0n) is 15.7. The summed E-state index contributed by atoms with van der Waals surface area (Å²) in [7, 11) is 0. The molecular weight excluding hydrogens is 376 g/mol. The SMILES string of the molecule is CC(=O)NCC1CC(c2ccc(C3=CCN(C4=NC(=O)CS4)CC3)cc2)=NO1. The third-order valence-corrected chi connectivity index (χ3v) is 5.92. The van der Waals surface area contributed by atoms with Gasteiger partial charge in [-0.3, -0.25) is 9.59 Å². The summed E-state index contributed by atoms with van der Waals surface area (Å²) in [6, 6.07) is 8.37. The van der Waals surface area contributed by atoms with E-state index < -0.39 is 0 Å². The molecule has 0 spiro atoms. The zero-order chi connectivity index (χ0) is 19.5. The molecule has 0 aromatic heterocycles. The van der Waals surface area contributed by atoms with Gasteiger partial charge in [0.25, 0.3) is 5.91 Å². The van der Waals surface area contributed by atoms with Gasteiger partial charge in [0, 0.05) is 26.4 Å². The van der Waals surface area contributed by atoms with Gasteiger partial charge in [-0.05, 0) is 23.1 Å². The van der Waals surface area contributed by atoms with E-state index in [1.807, 2.05) is 0 Å². The number of nitrogens with zero attached hydrogens (tertiary/aromatic N) is 3. The predicted octanol–water partition coefficient (Wildman–Crippen LogP) is 2.03. The minimum Gasteiger partial charge on any atom is -0.390 e. The Morgan fingerprint density at radius 2 is 2.11 bits per heavy atom. The Bertz CT molecular complexity index is 876. The van der Waals surface area contributed by atoms with E-state index in [2.05, 4.69) is 50.7 Å². The Kier molecular flexibility index (Phi) is 5.47. The van der Waals surface area contributed by atoms with Crippen LogP contribution in [0.2, 0.25) is 0 Å². The van der Waals surface area contributed by atoms with Gasteiger partial charge in [0.05, 0.1) is 18.0 Å². The van der Waals surface area contributed by atoms with Crippen LogP contribution in [0.1, 0.15) is 30.9 Å². The molecule has 7 nitrogen and oxygen atoms in total. The monoisotopic (exact) mass is 398 g/mol. The second kappa shape index (κ2) is 8.18. The molecule has 0 saturated heterocycles. The van der Waals surface area contributed by atoms with Crippen LogP contribution in [0, 0.1) is 0 Å². The molecule has 0 saturated carbocycles. The summed E-state index contributed by atoms with van der Waals surface area (Å²) in [5, 5.41) is 7.78. The van der Waals surface area contributed by atoms with Gasteiger partial charge in [0.15, 0.2) is 5.17 Å². The van der Waals surface area contributed by atoms with E-state index in [9.17, 15) is 9.59 Å². The first-order valence-corrected chi connectivity index (χ1v) is 10.3. The lowest BCUT2D eigenvalue weighted by atomic mass is 9.96. The first-order valence-electron chi connectivity index (χ1n) is 9.35.